The maximum absolute atomic E-state index is 12.1. The number of alkyl halides is 3. The number of hydrogen-bond donors (Lipinski definition) is 1. The van der Waals surface area contributed by atoms with Crippen molar-refractivity contribution in [3.05, 3.63) is 28.3 Å². The van der Waals surface area contributed by atoms with Crippen molar-refractivity contribution in [3.63, 3.8) is 0 Å². The minimum Gasteiger partial charge on any atom is -0.493 e. The van der Waals surface area contributed by atoms with Crippen molar-refractivity contribution < 1.29 is 22.6 Å². The van der Waals surface area contributed by atoms with Crippen LogP contribution >= 0.6 is 11.8 Å². The lowest BCUT2D eigenvalue weighted by molar-refractivity contribution is -0.105. The topological polar surface area (TPSA) is 64.2 Å². The second kappa shape index (κ2) is 6.47. The summed E-state index contributed by atoms with van der Waals surface area (Å²) in [4.78, 5) is 18.6. The zero-order valence-corrected chi connectivity index (χ0v) is 12.6. The van der Waals surface area contributed by atoms with Gasteiger partial charge in [0.2, 0.25) is 0 Å². The largest absolute Gasteiger partial charge is 0.493 e. The summed E-state index contributed by atoms with van der Waals surface area (Å²) in [5, 5.41) is 0.280. The minimum absolute atomic E-state index is 0.0426. The number of ether oxygens (including phenoxy) is 2. The first-order chi connectivity index (χ1) is 10.3. The zero-order valence-electron chi connectivity index (χ0n) is 11.8. The number of hydrogen-bond acceptors (Lipinski definition) is 5. The lowest BCUT2D eigenvalue weighted by Crippen LogP contribution is -2.14. The lowest BCUT2D eigenvalue weighted by atomic mass is 10.2. The number of aromatic amines is 1. The first kappa shape index (κ1) is 16.5. The van der Waals surface area contributed by atoms with E-state index >= 15 is 0 Å². The fourth-order valence-corrected chi connectivity index (χ4v) is 2.51. The third-order valence-corrected chi connectivity index (χ3v) is 3.77. The first-order valence-electron chi connectivity index (χ1n) is 6.13. The summed E-state index contributed by atoms with van der Waals surface area (Å²) in [5.74, 6) is -0.0952. The highest BCUT2D eigenvalue weighted by Gasteiger charge is 2.26. The second-order valence-corrected chi connectivity index (χ2v) is 5.33. The Morgan fingerprint density at radius 3 is 2.45 bits per heavy atom. The van der Waals surface area contributed by atoms with E-state index in [1.165, 1.54) is 26.4 Å². The third kappa shape index (κ3) is 3.85. The van der Waals surface area contributed by atoms with Crippen molar-refractivity contribution in [2.75, 3.05) is 20.0 Å². The van der Waals surface area contributed by atoms with Gasteiger partial charge in [-0.3, -0.25) is 4.79 Å². The summed E-state index contributed by atoms with van der Waals surface area (Å²) in [5.41, 5.74) is -0.0995. The summed E-state index contributed by atoms with van der Waals surface area (Å²) < 4.78 is 46.6. The Labute approximate surface area is 127 Å². The van der Waals surface area contributed by atoms with E-state index in [4.69, 9.17) is 9.47 Å². The van der Waals surface area contributed by atoms with E-state index in [0.29, 0.717) is 28.8 Å². The highest BCUT2D eigenvalue weighted by Crippen LogP contribution is 2.30. The van der Waals surface area contributed by atoms with Crippen LogP contribution in [0.5, 0.6) is 11.5 Å². The number of nitrogens with zero attached hydrogens (tertiary/aromatic N) is 1. The van der Waals surface area contributed by atoms with E-state index in [0.717, 1.165) is 0 Å². The van der Waals surface area contributed by atoms with E-state index in [2.05, 4.69) is 9.97 Å². The number of rotatable bonds is 5. The molecule has 0 amide bonds. The van der Waals surface area contributed by atoms with E-state index in [1.807, 2.05) is 0 Å². The van der Waals surface area contributed by atoms with Crippen LogP contribution in [0.3, 0.4) is 0 Å². The summed E-state index contributed by atoms with van der Waals surface area (Å²) in [6, 6.07) is 2.99. The molecule has 1 aromatic carbocycles. The van der Waals surface area contributed by atoms with Crippen LogP contribution in [-0.4, -0.2) is 36.1 Å². The van der Waals surface area contributed by atoms with Crippen LogP contribution in [0.2, 0.25) is 0 Å². The average Bonchev–Trinajstić information content (AvgIpc) is 2.44. The van der Waals surface area contributed by atoms with Gasteiger partial charge >= 0.3 is 6.18 Å². The van der Waals surface area contributed by atoms with E-state index in [9.17, 15) is 18.0 Å². The molecule has 2 aromatic rings. The van der Waals surface area contributed by atoms with Gasteiger partial charge < -0.3 is 14.5 Å². The monoisotopic (exact) mass is 334 g/mol. The summed E-state index contributed by atoms with van der Waals surface area (Å²) >= 11 is 0.635. The Morgan fingerprint density at radius 1 is 1.23 bits per heavy atom. The number of benzene rings is 1. The van der Waals surface area contributed by atoms with Gasteiger partial charge in [-0.25, -0.2) is 4.98 Å². The van der Waals surface area contributed by atoms with Crippen molar-refractivity contribution in [2.24, 2.45) is 0 Å². The average molecular weight is 334 g/mol. The highest BCUT2D eigenvalue weighted by atomic mass is 32.2. The Balaban J connectivity index is 2.33. The molecule has 22 heavy (non-hydrogen) atoms. The van der Waals surface area contributed by atoms with Gasteiger partial charge in [0.05, 0.1) is 36.6 Å². The second-order valence-electron chi connectivity index (χ2n) is 4.34. The minimum atomic E-state index is -4.25. The zero-order chi connectivity index (χ0) is 16.3. The molecule has 0 aliphatic rings. The van der Waals surface area contributed by atoms with Crippen molar-refractivity contribution in [1.29, 1.82) is 0 Å². The number of H-pyrrole nitrogens is 1. The maximum atomic E-state index is 12.1. The van der Waals surface area contributed by atoms with E-state index < -0.39 is 17.5 Å². The Hall–Kier alpha value is -1.90. The number of thioether (sulfide) groups is 1. The summed E-state index contributed by atoms with van der Waals surface area (Å²) in [7, 11) is 2.88. The number of nitrogens with one attached hydrogen (secondary N) is 1. The maximum Gasteiger partial charge on any atom is 0.397 e. The number of aromatic nitrogens is 2. The van der Waals surface area contributed by atoms with Crippen LogP contribution in [0.15, 0.2) is 16.9 Å². The molecule has 1 N–H and O–H groups in total. The van der Waals surface area contributed by atoms with Crippen LogP contribution < -0.4 is 15.0 Å². The van der Waals surface area contributed by atoms with Crippen molar-refractivity contribution >= 4 is 22.7 Å². The Bertz CT molecular complexity index is 731. The molecule has 0 radical (unpaired) electrons. The standard InChI is InChI=1S/C13H13F3N2O3S/c1-20-9-3-7-8(4-10(9)21-2)17-11(18-12(7)19)5-22-6-13(14,15)16/h3-4H,5-6H2,1-2H3,(H,17,18,19). The van der Waals surface area contributed by atoms with E-state index in [-0.39, 0.29) is 17.0 Å². The molecular weight excluding hydrogens is 321 g/mol. The van der Waals surface area contributed by atoms with E-state index in [1.54, 1.807) is 0 Å². The van der Waals surface area contributed by atoms with Gasteiger partial charge in [0.1, 0.15) is 5.82 Å². The quantitative estimate of drug-likeness (QED) is 0.911. The van der Waals surface area contributed by atoms with Gasteiger partial charge in [-0.05, 0) is 6.07 Å². The molecule has 1 heterocycles. The molecule has 0 atom stereocenters. The highest BCUT2D eigenvalue weighted by molar-refractivity contribution is 7.98. The normalized spacial score (nSPS) is 11.7. The molecule has 0 unspecified atom stereocenters. The van der Waals surface area contributed by atoms with Gasteiger partial charge in [-0.2, -0.15) is 13.2 Å². The van der Waals surface area contributed by atoms with Crippen LogP contribution in [0.4, 0.5) is 13.2 Å². The van der Waals surface area contributed by atoms with Gasteiger partial charge in [-0.1, -0.05) is 0 Å². The van der Waals surface area contributed by atoms with Crippen LogP contribution in [-0.2, 0) is 5.75 Å². The number of fused-ring (bicyclic) bond motifs is 1. The molecule has 5 nitrogen and oxygen atoms in total. The molecule has 2 rings (SSSR count). The molecule has 0 spiro atoms. The Kier molecular flexibility index (Phi) is 4.84. The molecule has 0 bridgehead atoms. The molecule has 0 saturated carbocycles. The molecule has 1 aromatic heterocycles. The fraction of sp³-hybridized carbons (Fsp3) is 0.385. The summed E-state index contributed by atoms with van der Waals surface area (Å²) in [6.07, 6.45) is -4.25. The van der Waals surface area contributed by atoms with Gasteiger partial charge in [-0.15, -0.1) is 11.8 Å². The van der Waals surface area contributed by atoms with Gasteiger partial charge in [0.15, 0.2) is 11.5 Å². The Morgan fingerprint density at radius 2 is 1.86 bits per heavy atom. The third-order valence-electron chi connectivity index (χ3n) is 2.76. The summed E-state index contributed by atoms with van der Waals surface area (Å²) in [6.45, 7) is 0. The van der Waals surface area contributed by atoms with Gasteiger partial charge in [0.25, 0.3) is 5.56 Å². The lowest BCUT2D eigenvalue weighted by Gasteiger charge is -2.09. The predicted octanol–water partition coefficient (Wildman–Crippen LogP) is 2.74. The van der Waals surface area contributed by atoms with Crippen LogP contribution in [0.25, 0.3) is 10.9 Å². The van der Waals surface area contributed by atoms with Crippen molar-refractivity contribution in [1.82, 2.24) is 9.97 Å². The van der Waals surface area contributed by atoms with Crippen molar-refractivity contribution in [3.8, 4) is 11.5 Å². The molecule has 9 heteroatoms. The number of methoxy groups -OCH3 is 2. The number of halogens is 3. The molecule has 120 valence electrons. The predicted molar refractivity (Wildman–Crippen MR) is 77.7 cm³/mol. The van der Waals surface area contributed by atoms with Crippen molar-refractivity contribution in [2.45, 2.75) is 11.9 Å². The van der Waals surface area contributed by atoms with Crippen LogP contribution in [0, 0.1) is 0 Å². The smallest absolute Gasteiger partial charge is 0.397 e. The fourth-order valence-electron chi connectivity index (χ4n) is 1.85. The molecule has 0 fully saturated rings. The van der Waals surface area contributed by atoms with Gasteiger partial charge in [0, 0.05) is 6.07 Å². The first-order valence-corrected chi connectivity index (χ1v) is 7.29. The molecule has 0 saturated heterocycles. The molecular formula is C13H13F3N2O3S. The molecule has 0 aliphatic carbocycles. The molecule has 0 aliphatic heterocycles. The van der Waals surface area contributed by atoms with Crippen LogP contribution in [0.1, 0.15) is 5.82 Å². The SMILES string of the molecule is COc1cc2nc(CSCC(F)(F)F)[nH]c(=O)c2cc1OC.